The molecule has 0 aromatic carbocycles. The predicted molar refractivity (Wildman–Crippen MR) is 58.4 cm³/mol. The lowest BCUT2D eigenvalue weighted by Crippen LogP contribution is -2.40. The van der Waals surface area contributed by atoms with E-state index < -0.39 is 22.2 Å². The monoisotopic (exact) mass is 246 g/mol. The summed E-state index contributed by atoms with van der Waals surface area (Å²) in [4.78, 5) is 25.3. The van der Waals surface area contributed by atoms with Gasteiger partial charge in [0.05, 0.1) is 0 Å². The third-order valence-electron chi connectivity index (χ3n) is 2.97. The fourth-order valence-electron chi connectivity index (χ4n) is 2.17. The SMILES string of the molecule is O=c1[nH]c(Cl)c(F)c(=O)n1C1CCCCC1. The van der Waals surface area contributed by atoms with Crippen molar-refractivity contribution >= 4 is 11.6 Å². The van der Waals surface area contributed by atoms with E-state index in [0.717, 1.165) is 36.7 Å². The molecular formula is C10H12ClFN2O2. The first-order valence-corrected chi connectivity index (χ1v) is 5.69. The highest BCUT2D eigenvalue weighted by Gasteiger charge is 2.21. The Bertz CT molecular complexity index is 503. The summed E-state index contributed by atoms with van der Waals surface area (Å²) in [5.74, 6) is -1.08. The molecule has 0 saturated heterocycles. The molecule has 0 spiro atoms. The molecule has 1 fully saturated rings. The molecule has 1 aliphatic carbocycles. The van der Waals surface area contributed by atoms with Crippen molar-refractivity contribution in [1.82, 2.24) is 9.55 Å². The summed E-state index contributed by atoms with van der Waals surface area (Å²) in [6, 6.07) is -0.197. The van der Waals surface area contributed by atoms with Gasteiger partial charge < -0.3 is 0 Å². The molecule has 88 valence electrons. The smallest absolute Gasteiger partial charge is 0.295 e. The standard InChI is InChI=1S/C10H12ClFN2O2/c11-8-7(12)9(15)14(10(16)13-8)6-4-2-1-3-5-6/h6H,1-5H2,(H,13,16). The molecule has 0 atom stereocenters. The second kappa shape index (κ2) is 4.41. The van der Waals surface area contributed by atoms with Crippen LogP contribution in [0.4, 0.5) is 4.39 Å². The quantitative estimate of drug-likeness (QED) is 0.769. The van der Waals surface area contributed by atoms with Gasteiger partial charge in [-0.15, -0.1) is 0 Å². The first-order chi connectivity index (χ1) is 7.61. The van der Waals surface area contributed by atoms with Gasteiger partial charge in [-0.1, -0.05) is 30.9 Å². The molecule has 0 aliphatic heterocycles. The molecule has 16 heavy (non-hydrogen) atoms. The molecular weight excluding hydrogens is 235 g/mol. The Hall–Kier alpha value is -1.10. The Kier molecular flexibility index (Phi) is 3.14. The zero-order valence-corrected chi connectivity index (χ0v) is 9.39. The van der Waals surface area contributed by atoms with Gasteiger partial charge in [-0.3, -0.25) is 14.3 Å². The lowest BCUT2D eigenvalue weighted by atomic mass is 9.95. The number of rotatable bonds is 1. The van der Waals surface area contributed by atoms with Crippen LogP contribution >= 0.6 is 11.6 Å². The van der Waals surface area contributed by atoms with Crippen molar-refractivity contribution < 1.29 is 4.39 Å². The van der Waals surface area contributed by atoms with E-state index in [2.05, 4.69) is 4.98 Å². The minimum absolute atomic E-state index is 0.197. The van der Waals surface area contributed by atoms with Crippen LogP contribution in [0.3, 0.4) is 0 Å². The predicted octanol–water partition coefficient (Wildman–Crippen LogP) is 1.83. The van der Waals surface area contributed by atoms with Crippen molar-refractivity contribution in [1.29, 1.82) is 0 Å². The molecule has 1 heterocycles. The summed E-state index contributed by atoms with van der Waals surface area (Å²) in [5.41, 5.74) is -1.54. The summed E-state index contributed by atoms with van der Waals surface area (Å²) >= 11 is 5.39. The van der Waals surface area contributed by atoms with E-state index in [9.17, 15) is 14.0 Å². The molecule has 0 amide bonds. The Morgan fingerprint density at radius 2 is 1.88 bits per heavy atom. The van der Waals surface area contributed by atoms with Crippen LogP contribution in [0.15, 0.2) is 9.59 Å². The second-order valence-corrected chi connectivity index (χ2v) is 4.40. The number of H-pyrrole nitrogens is 1. The van der Waals surface area contributed by atoms with Crippen LogP contribution in [0.2, 0.25) is 5.15 Å². The molecule has 2 rings (SSSR count). The highest BCUT2D eigenvalue weighted by atomic mass is 35.5. The average molecular weight is 247 g/mol. The maximum Gasteiger partial charge on any atom is 0.329 e. The first-order valence-electron chi connectivity index (χ1n) is 5.31. The maximum absolute atomic E-state index is 13.3. The molecule has 1 aliphatic rings. The molecule has 1 saturated carbocycles. The normalized spacial score (nSPS) is 17.6. The number of aromatic nitrogens is 2. The largest absolute Gasteiger partial charge is 0.329 e. The summed E-state index contributed by atoms with van der Waals surface area (Å²) in [5, 5.41) is -0.512. The molecule has 0 radical (unpaired) electrons. The molecule has 1 N–H and O–H groups in total. The van der Waals surface area contributed by atoms with Crippen molar-refractivity contribution in [2.45, 2.75) is 38.1 Å². The van der Waals surface area contributed by atoms with Gasteiger partial charge in [-0.2, -0.15) is 4.39 Å². The molecule has 0 bridgehead atoms. The number of aromatic amines is 1. The maximum atomic E-state index is 13.3. The van der Waals surface area contributed by atoms with E-state index in [0.29, 0.717) is 0 Å². The van der Waals surface area contributed by atoms with Crippen LogP contribution in [-0.2, 0) is 0 Å². The summed E-state index contributed by atoms with van der Waals surface area (Å²) in [6.07, 6.45) is 4.49. The van der Waals surface area contributed by atoms with E-state index >= 15 is 0 Å². The number of hydrogen-bond donors (Lipinski definition) is 1. The van der Waals surface area contributed by atoms with Crippen molar-refractivity contribution in [2.24, 2.45) is 0 Å². The van der Waals surface area contributed by atoms with Crippen LogP contribution in [-0.4, -0.2) is 9.55 Å². The number of halogens is 2. The fourth-order valence-corrected chi connectivity index (χ4v) is 2.33. The molecule has 4 nitrogen and oxygen atoms in total. The number of nitrogens with zero attached hydrogens (tertiary/aromatic N) is 1. The van der Waals surface area contributed by atoms with E-state index in [1.165, 1.54) is 0 Å². The number of nitrogens with one attached hydrogen (secondary N) is 1. The van der Waals surface area contributed by atoms with Crippen molar-refractivity contribution in [3.05, 3.63) is 31.8 Å². The van der Waals surface area contributed by atoms with Crippen LogP contribution < -0.4 is 11.2 Å². The molecule has 1 aromatic rings. The van der Waals surface area contributed by atoms with Gasteiger partial charge in [0, 0.05) is 6.04 Å². The second-order valence-electron chi connectivity index (χ2n) is 4.03. The summed E-state index contributed by atoms with van der Waals surface area (Å²) in [6.45, 7) is 0. The zero-order valence-electron chi connectivity index (χ0n) is 8.63. The van der Waals surface area contributed by atoms with Gasteiger partial charge in [0.25, 0.3) is 5.56 Å². The minimum Gasteiger partial charge on any atom is -0.295 e. The zero-order chi connectivity index (χ0) is 11.7. The van der Waals surface area contributed by atoms with Crippen molar-refractivity contribution in [3.63, 3.8) is 0 Å². The molecule has 1 aromatic heterocycles. The lowest BCUT2D eigenvalue weighted by Gasteiger charge is -2.22. The lowest BCUT2D eigenvalue weighted by molar-refractivity contribution is 0.329. The van der Waals surface area contributed by atoms with Crippen LogP contribution in [0.5, 0.6) is 0 Å². The molecule has 0 unspecified atom stereocenters. The third-order valence-corrected chi connectivity index (χ3v) is 3.24. The van der Waals surface area contributed by atoms with E-state index in [1.807, 2.05) is 0 Å². The summed E-state index contributed by atoms with van der Waals surface area (Å²) in [7, 11) is 0. The summed E-state index contributed by atoms with van der Waals surface area (Å²) < 4.78 is 14.2. The first kappa shape index (κ1) is 11.4. The van der Waals surface area contributed by atoms with Gasteiger partial charge >= 0.3 is 5.69 Å². The highest BCUT2D eigenvalue weighted by Crippen LogP contribution is 2.25. The minimum atomic E-state index is -1.08. The topological polar surface area (TPSA) is 54.9 Å². The third kappa shape index (κ3) is 1.91. The Balaban J connectivity index is 2.51. The van der Waals surface area contributed by atoms with Crippen molar-refractivity contribution in [2.75, 3.05) is 0 Å². The Labute approximate surface area is 96.1 Å². The van der Waals surface area contributed by atoms with Crippen LogP contribution in [0.25, 0.3) is 0 Å². The highest BCUT2D eigenvalue weighted by molar-refractivity contribution is 6.29. The van der Waals surface area contributed by atoms with Gasteiger partial charge in [0.15, 0.2) is 5.15 Å². The van der Waals surface area contributed by atoms with Crippen LogP contribution in [0.1, 0.15) is 38.1 Å². The molecule has 6 heteroatoms. The van der Waals surface area contributed by atoms with E-state index in [-0.39, 0.29) is 6.04 Å². The average Bonchev–Trinajstić information content (AvgIpc) is 2.28. The van der Waals surface area contributed by atoms with Gasteiger partial charge in [0.2, 0.25) is 5.82 Å². The Morgan fingerprint density at radius 3 is 2.50 bits per heavy atom. The van der Waals surface area contributed by atoms with Crippen molar-refractivity contribution in [3.8, 4) is 0 Å². The van der Waals surface area contributed by atoms with Gasteiger partial charge in [0.1, 0.15) is 0 Å². The Morgan fingerprint density at radius 1 is 1.25 bits per heavy atom. The van der Waals surface area contributed by atoms with E-state index in [1.54, 1.807) is 0 Å². The fraction of sp³-hybridized carbons (Fsp3) is 0.600. The van der Waals surface area contributed by atoms with E-state index in [4.69, 9.17) is 11.6 Å². The van der Waals surface area contributed by atoms with Crippen LogP contribution in [0, 0.1) is 5.82 Å². The number of hydrogen-bond acceptors (Lipinski definition) is 2. The van der Waals surface area contributed by atoms with Gasteiger partial charge in [-0.05, 0) is 12.8 Å². The van der Waals surface area contributed by atoms with Gasteiger partial charge in [-0.25, -0.2) is 4.79 Å².